The van der Waals surface area contributed by atoms with E-state index in [0.29, 0.717) is 0 Å². The number of nitrogens with zero attached hydrogens (tertiary/aromatic N) is 1. The molecule has 1 heterocycles. The molecule has 2 aromatic rings. The predicted octanol–water partition coefficient (Wildman–Crippen LogP) is 1.20. The van der Waals surface area contributed by atoms with Crippen LogP contribution in [0, 0.1) is 0 Å². The van der Waals surface area contributed by atoms with E-state index < -0.39 is 34.2 Å². The maximum atomic E-state index is 12.0. The van der Waals surface area contributed by atoms with Crippen molar-refractivity contribution in [3.05, 3.63) is 52.8 Å². The Morgan fingerprint density at radius 3 is 2.50 bits per heavy atom. The zero-order chi connectivity index (χ0) is 19.5. The number of aryl methyl sites for hydroxylation is 1. The quantitative estimate of drug-likeness (QED) is 0.757. The molecule has 0 saturated heterocycles. The molecule has 26 heavy (non-hydrogen) atoms. The summed E-state index contributed by atoms with van der Waals surface area (Å²) in [5, 5.41) is 2.05. The number of esters is 1. The first-order valence-corrected chi connectivity index (χ1v) is 9.49. The molecule has 0 fully saturated rings. The normalized spacial score (nSPS) is 11.0. The van der Waals surface area contributed by atoms with Crippen molar-refractivity contribution >= 4 is 39.2 Å². The molecule has 0 bridgehead atoms. The third kappa shape index (κ3) is 4.70. The first-order chi connectivity index (χ1) is 12.1. The van der Waals surface area contributed by atoms with Crippen LogP contribution in [0.2, 0.25) is 5.02 Å². The molecule has 0 saturated carbocycles. The molecular formula is C16H15ClN2O6S. The summed E-state index contributed by atoms with van der Waals surface area (Å²) < 4.78 is 29.4. The van der Waals surface area contributed by atoms with E-state index in [4.69, 9.17) is 16.3 Å². The van der Waals surface area contributed by atoms with E-state index in [-0.39, 0.29) is 21.2 Å². The fraction of sp³-hybridized carbons (Fsp3) is 0.188. The van der Waals surface area contributed by atoms with Crippen LogP contribution in [-0.2, 0) is 26.4 Å². The second kappa shape index (κ2) is 7.71. The van der Waals surface area contributed by atoms with Crippen molar-refractivity contribution in [1.29, 1.82) is 0 Å². The van der Waals surface area contributed by atoms with Crippen molar-refractivity contribution in [2.45, 2.75) is 4.90 Å². The topological polar surface area (TPSA) is 112 Å². The van der Waals surface area contributed by atoms with Crippen molar-refractivity contribution < 1.29 is 27.5 Å². The summed E-state index contributed by atoms with van der Waals surface area (Å²) in [6.07, 6.45) is 2.62. The van der Waals surface area contributed by atoms with Crippen molar-refractivity contribution in [3.8, 4) is 0 Å². The Bertz CT molecular complexity index is 980. The summed E-state index contributed by atoms with van der Waals surface area (Å²) in [6.45, 7) is -0.728. The maximum Gasteiger partial charge on any atom is 0.340 e. The summed E-state index contributed by atoms with van der Waals surface area (Å²) in [6, 6.07) is 6.71. The Balaban J connectivity index is 2.01. The van der Waals surface area contributed by atoms with Crippen molar-refractivity contribution in [2.75, 3.05) is 12.9 Å². The minimum absolute atomic E-state index is 0.0253. The number of aromatic nitrogens is 1. The summed E-state index contributed by atoms with van der Waals surface area (Å²) >= 11 is 5.87. The minimum atomic E-state index is -3.54. The van der Waals surface area contributed by atoms with Crippen LogP contribution in [0.25, 0.3) is 0 Å². The van der Waals surface area contributed by atoms with Gasteiger partial charge in [0.2, 0.25) is 0 Å². The van der Waals surface area contributed by atoms with Crippen LogP contribution in [0.3, 0.4) is 0 Å². The molecule has 0 atom stereocenters. The van der Waals surface area contributed by atoms with Crippen LogP contribution in [0.15, 0.2) is 41.4 Å². The Morgan fingerprint density at radius 2 is 1.92 bits per heavy atom. The molecule has 0 unspecified atom stereocenters. The number of hydrogen-bond acceptors (Lipinski definition) is 6. The Morgan fingerprint density at radius 1 is 1.23 bits per heavy atom. The summed E-state index contributed by atoms with van der Waals surface area (Å²) in [7, 11) is -1.91. The lowest BCUT2D eigenvalue weighted by Crippen LogP contribution is -2.35. The lowest BCUT2D eigenvalue weighted by molar-refractivity contribution is -0.123. The van der Waals surface area contributed by atoms with Crippen LogP contribution < -0.4 is 5.32 Å². The molecule has 8 nitrogen and oxygen atoms in total. The van der Waals surface area contributed by atoms with Gasteiger partial charge in [0.05, 0.1) is 15.5 Å². The van der Waals surface area contributed by atoms with Crippen molar-refractivity contribution in [3.63, 3.8) is 0 Å². The molecule has 1 aromatic carbocycles. The van der Waals surface area contributed by atoms with Gasteiger partial charge in [-0.3, -0.25) is 14.9 Å². The number of imide groups is 1. The zero-order valence-corrected chi connectivity index (χ0v) is 15.4. The van der Waals surface area contributed by atoms with Gasteiger partial charge in [-0.2, -0.15) is 0 Å². The number of carbonyl (C=O) groups excluding carboxylic acids is 3. The largest absolute Gasteiger partial charge is 0.452 e. The molecule has 0 aliphatic heterocycles. The van der Waals surface area contributed by atoms with Gasteiger partial charge in [-0.25, -0.2) is 13.2 Å². The molecular weight excluding hydrogens is 384 g/mol. The van der Waals surface area contributed by atoms with Gasteiger partial charge in [0.25, 0.3) is 11.8 Å². The average Bonchev–Trinajstić information content (AvgIpc) is 2.98. The molecule has 2 amide bonds. The zero-order valence-electron chi connectivity index (χ0n) is 13.9. The van der Waals surface area contributed by atoms with E-state index in [1.165, 1.54) is 22.8 Å². The van der Waals surface area contributed by atoms with Gasteiger partial charge in [0, 0.05) is 19.5 Å². The molecule has 2 rings (SSSR count). The standard InChI is InChI=1S/C16H15ClN2O6S/c1-19-7-3-4-13(19)15(21)18-14(20)9-25-16(22)11-8-10(26(2,23)24)5-6-12(11)17/h3-8H,9H2,1-2H3,(H,18,20,21). The third-order valence-corrected chi connectivity index (χ3v) is 4.79. The number of amides is 2. The molecule has 1 N–H and O–H groups in total. The lowest BCUT2D eigenvalue weighted by Gasteiger charge is -2.08. The van der Waals surface area contributed by atoms with E-state index in [0.717, 1.165) is 12.3 Å². The average molecular weight is 399 g/mol. The van der Waals surface area contributed by atoms with E-state index >= 15 is 0 Å². The smallest absolute Gasteiger partial charge is 0.340 e. The van der Waals surface area contributed by atoms with Crippen molar-refractivity contribution in [2.24, 2.45) is 7.05 Å². The van der Waals surface area contributed by atoms with Gasteiger partial charge in [-0.15, -0.1) is 0 Å². The molecule has 0 aliphatic carbocycles. The van der Waals surface area contributed by atoms with Gasteiger partial charge < -0.3 is 9.30 Å². The Kier molecular flexibility index (Phi) is 5.83. The number of rotatable bonds is 5. The lowest BCUT2D eigenvalue weighted by atomic mass is 10.2. The highest BCUT2D eigenvalue weighted by molar-refractivity contribution is 7.90. The van der Waals surface area contributed by atoms with E-state index in [9.17, 15) is 22.8 Å². The number of hydrogen-bond donors (Lipinski definition) is 1. The van der Waals surface area contributed by atoms with Crippen LogP contribution >= 0.6 is 11.6 Å². The highest BCUT2D eigenvalue weighted by Gasteiger charge is 2.19. The van der Waals surface area contributed by atoms with Crippen molar-refractivity contribution in [1.82, 2.24) is 9.88 Å². The molecule has 0 spiro atoms. The van der Waals surface area contributed by atoms with Gasteiger partial charge in [-0.1, -0.05) is 11.6 Å². The number of sulfone groups is 1. The molecule has 0 aliphatic rings. The van der Waals surface area contributed by atoms with Crippen LogP contribution in [0.5, 0.6) is 0 Å². The van der Waals surface area contributed by atoms with Gasteiger partial charge in [0.1, 0.15) is 5.69 Å². The summed E-state index contributed by atoms with van der Waals surface area (Å²) in [5.41, 5.74) is 0.0599. The predicted molar refractivity (Wildman–Crippen MR) is 92.7 cm³/mol. The SMILES string of the molecule is Cn1cccc1C(=O)NC(=O)COC(=O)c1cc(S(C)(=O)=O)ccc1Cl. The molecule has 0 radical (unpaired) electrons. The van der Waals surface area contributed by atoms with Gasteiger partial charge in [-0.05, 0) is 30.3 Å². The van der Waals surface area contributed by atoms with Crippen LogP contribution in [0.1, 0.15) is 20.8 Å². The number of benzene rings is 1. The minimum Gasteiger partial charge on any atom is -0.452 e. The van der Waals surface area contributed by atoms with Crippen LogP contribution in [-0.4, -0.2) is 43.6 Å². The molecule has 138 valence electrons. The highest BCUT2D eigenvalue weighted by atomic mass is 35.5. The Hall–Kier alpha value is -2.65. The van der Waals surface area contributed by atoms with Crippen LogP contribution in [0.4, 0.5) is 0 Å². The Labute approximate surface area is 154 Å². The summed E-state index contributed by atoms with van der Waals surface area (Å²) in [5.74, 6) is -2.46. The first kappa shape index (κ1) is 19.7. The third-order valence-electron chi connectivity index (χ3n) is 3.35. The fourth-order valence-corrected chi connectivity index (χ4v) is 2.87. The van der Waals surface area contributed by atoms with Gasteiger partial charge >= 0.3 is 5.97 Å². The number of halogens is 1. The second-order valence-electron chi connectivity index (χ2n) is 5.37. The number of ether oxygens (including phenoxy) is 1. The number of nitrogens with one attached hydrogen (secondary N) is 1. The van der Waals surface area contributed by atoms with E-state index in [2.05, 4.69) is 5.32 Å². The fourth-order valence-electron chi connectivity index (χ4n) is 2.02. The first-order valence-electron chi connectivity index (χ1n) is 7.22. The monoisotopic (exact) mass is 398 g/mol. The maximum absolute atomic E-state index is 12.0. The number of carbonyl (C=O) groups is 3. The molecule has 10 heteroatoms. The van der Waals surface area contributed by atoms with Gasteiger partial charge in [0.15, 0.2) is 16.4 Å². The van der Waals surface area contributed by atoms with E-state index in [1.54, 1.807) is 19.3 Å². The summed E-state index contributed by atoms with van der Waals surface area (Å²) in [4.78, 5) is 35.6. The van der Waals surface area contributed by atoms with E-state index in [1.807, 2.05) is 0 Å². The molecule has 1 aromatic heterocycles. The highest BCUT2D eigenvalue weighted by Crippen LogP contribution is 2.21. The second-order valence-corrected chi connectivity index (χ2v) is 7.79.